The average molecular weight is 177 g/mol. The molecule has 1 saturated carbocycles. The van der Waals surface area contributed by atoms with Crippen LogP contribution in [0.25, 0.3) is 0 Å². The molecule has 1 aliphatic rings. The van der Waals surface area contributed by atoms with E-state index in [0.717, 1.165) is 0 Å². The van der Waals surface area contributed by atoms with Gasteiger partial charge in [0.05, 0.1) is 0 Å². The fourth-order valence-electron chi connectivity index (χ4n) is 0.811. The molecule has 1 nitrogen and oxygen atoms in total. The van der Waals surface area contributed by atoms with Crippen molar-refractivity contribution in [3.05, 3.63) is 0 Å². The van der Waals surface area contributed by atoms with E-state index < -0.39 is 0 Å². The molecule has 0 N–H and O–H groups in total. The fourth-order valence-corrected chi connectivity index (χ4v) is 2.00. The Labute approximate surface area is 56.0 Å². The summed E-state index contributed by atoms with van der Waals surface area (Å²) < 4.78 is 0.531. The molecule has 0 aromatic rings. The van der Waals surface area contributed by atoms with Crippen LogP contribution < -0.4 is 0 Å². The minimum absolute atomic E-state index is 0.269. The van der Waals surface area contributed by atoms with Crippen molar-refractivity contribution in [3.63, 3.8) is 0 Å². The van der Waals surface area contributed by atoms with E-state index in [1.165, 1.54) is 19.3 Å². The van der Waals surface area contributed by atoms with E-state index in [-0.39, 0.29) is 15.0 Å². The van der Waals surface area contributed by atoms with Crippen LogP contribution in [-0.4, -0.2) is 19.6 Å². The molecule has 0 saturated heterocycles. The van der Waals surface area contributed by atoms with Gasteiger partial charge in [-0.15, -0.1) is 0 Å². The molecule has 2 heteroatoms. The Hall–Kier alpha value is 0.189. The van der Waals surface area contributed by atoms with Crippen molar-refractivity contribution in [2.45, 2.75) is 25.1 Å². The molecular formula is C6H10OSe. The zero-order valence-corrected chi connectivity index (χ0v) is 6.73. The van der Waals surface area contributed by atoms with E-state index in [2.05, 4.69) is 0 Å². The van der Waals surface area contributed by atoms with Gasteiger partial charge in [-0.25, -0.2) is 0 Å². The third kappa shape index (κ3) is 1.12. The first-order valence-electron chi connectivity index (χ1n) is 2.92. The van der Waals surface area contributed by atoms with Gasteiger partial charge in [-0.2, -0.15) is 0 Å². The minimum atomic E-state index is 0.269. The summed E-state index contributed by atoms with van der Waals surface area (Å²) in [5.41, 5.74) is 0. The van der Waals surface area contributed by atoms with Crippen LogP contribution in [-0.2, 0) is 4.79 Å². The van der Waals surface area contributed by atoms with Gasteiger partial charge in [0.25, 0.3) is 0 Å². The van der Waals surface area contributed by atoms with Crippen LogP contribution in [0.1, 0.15) is 19.3 Å². The van der Waals surface area contributed by atoms with Crippen molar-refractivity contribution < 1.29 is 4.79 Å². The Bertz CT molecular complexity index is 96.7. The van der Waals surface area contributed by atoms with E-state index >= 15 is 0 Å². The molecular weight excluding hydrogens is 167 g/mol. The van der Waals surface area contributed by atoms with Crippen LogP contribution in [0.4, 0.5) is 0 Å². The van der Waals surface area contributed by atoms with Gasteiger partial charge >= 0.3 is 55.4 Å². The molecule has 46 valence electrons. The van der Waals surface area contributed by atoms with Crippen molar-refractivity contribution in [2.24, 2.45) is 5.92 Å². The van der Waals surface area contributed by atoms with Gasteiger partial charge in [0.2, 0.25) is 0 Å². The van der Waals surface area contributed by atoms with E-state index in [1.807, 2.05) is 5.82 Å². The van der Waals surface area contributed by atoms with Crippen LogP contribution in [0.5, 0.6) is 0 Å². The zero-order chi connectivity index (χ0) is 5.98. The summed E-state index contributed by atoms with van der Waals surface area (Å²) in [6, 6.07) is 0. The average Bonchev–Trinajstić information content (AvgIpc) is 1.62. The monoisotopic (exact) mass is 178 g/mol. The molecule has 1 rings (SSSR count). The molecule has 0 unspecified atom stereocenters. The van der Waals surface area contributed by atoms with Gasteiger partial charge in [-0.3, -0.25) is 0 Å². The molecule has 1 aliphatic carbocycles. The summed E-state index contributed by atoms with van der Waals surface area (Å²) in [6.45, 7) is 0. The molecule has 0 atom stereocenters. The van der Waals surface area contributed by atoms with Crippen molar-refractivity contribution in [2.75, 3.05) is 0 Å². The maximum atomic E-state index is 10.8. The van der Waals surface area contributed by atoms with E-state index in [0.29, 0.717) is 10.6 Å². The van der Waals surface area contributed by atoms with Crippen LogP contribution >= 0.6 is 0 Å². The SMILES string of the molecule is C[Se]C(=O)C1CCC1. The Balaban J connectivity index is 2.24. The fraction of sp³-hybridized carbons (Fsp3) is 0.833. The van der Waals surface area contributed by atoms with Crippen LogP contribution in [0, 0.1) is 5.92 Å². The zero-order valence-electron chi connectivity index (χ0n) is 5.02. The number of carbonyl (C=O) groups excluding carboxylic acids is 1. The Morgan fingerprint density at radius 1 is 1.62 bits per heavy atom. The van der Waals surface area contributed by atoms with Crippen molar-refractivity contribution in [3.8, 4) is 0 Å². The molecule has 1 fully saturated rings. The number of hydrogen-bond donors (Lipinski definition) is 0. The third-order valence-electron chi connectivity index (χ3n) is 1.64. The standard InChI is InChI=1S/C6H10OSe/c1-8-6(7)5-3-2-4-5/h5H,2-4H2,1H3. The normalized spacial score (nSPS) is 20.1. The summed E-state index contributed by atoms with van der Waals surface area (Å²) in [5.74, 6) is 2.49. The number of hydrogen-bond acceptors (Lipinski definition) is 1. The molecule has 8 heavy (non-hydrogen) atoms. The molecule has 0 radical (unpaired) electrons. The quantitative estimate of drug-likeness (QED) is 0.576. The van der Waals surface area contributed by atoms with E-state index in [1.54, 1.807) is 0 Å². The number of rotatable bonds is 2. The Morgan fingerprint density at radius 3 is 2.38 bits per heavy atom. The van der Waals surface area contributed by atoms with Gasteiger partial charge in [0, 0.05) is 0 Å². The van der Waals surface area contributed by atoms with Crippen LogP contribution in [0.15, 0.2) is 0 Å². The second kappa shape index (κ2) is 2.65. The first-order chi connectivity index (χ1) is 3.84. The molecule has 0 spiro atoms. The van der Waals surface area contributed by atoms with E-state index in [4.69, 9.17) is 0 Å². The van der Waals surface area contributed by atoms with Gasteiger partial charge in [0.15, 0.2) is 0 Å². The Morgan fingerprint density at radius 2 is 2.25 bits per heavy atom. The first-order valence-corrected chi connectivity index (χ1v) is 5.49. The molecule has 0 aromatic heterocycles. The summed E-state index contributed by atoms with van der Waals surface area (Å²) in [5, 5.41) is 0. The summed E-state index contributed by atoms with van der Waals surface area (Å²) in [6.07, 6.45) is 3.63. The van der Waals surface area contributed by atoms with E-state index in [9.17, 15) is 4.79 Å². The predicted molar refractivity (Wildman–Crippen MR) is 34.0 cm³/mol. The third-order valence-corrected chi connectivity index (χ3v) is 3.18. The van der Waals surface area contributed by atoms with Crippen LogP contribution in [0.3, 0.4) is 0 Å². The Kier molecular flexibility index (Phi) is 2.09. The number of carbonyl (C=O) groups is 1. The summed E-state index contributed by atoms with van der Waals surface area (Å²) in [7, 11) is 0. The second-order valence-corrected chi connectivity index (χ2v) is 3.85. The maximum absolute atomic E-state index is 10.8. The van der Waals surface area contributed by atoms with Crippen molar-refractivity contribution in [1.29, 1.82) is 0 Å². The summed E-state index contributed by atoms with van der Waals surface area (Å²) in [4.78, 5) is 10.8. The van der Waals surface area contributed by atoms with Gasteiger partial charge < -0.3 is 0 Å². The molecule has 0 aromatic carbocycles. The topological polar surface area (TPSA) is 17.1 Å². The van der Waals surface area contributed by atoms with Gasteiger partial charge in [0.1, 0.15) is 0 Å². The summed E-state index contributed by atoms with van der Waals surface area (Å²) >= 11 is 0.269. The molecule has 0 bridgehead atoms. The molecule has 0 aliphatic heterocycles. The predicted octanol–water partition coefficient (Wildman–Crippen LogP) is 1.07. The van der Waals surface area contributed by atoms with Crippen molar-refractivity contribution >= 4 is 19.6 Å². The van der Waals surface area contributed by atoms with Gasteiger partial charge in [-0.1, -0.05) is 0 Å². The van der Waals surface area contributed by atoms with Crippen LogP contribution in [0.2, 0.25) is 5.82 Å². The van der Waals surface area contributed by atoms with Crippen molar-refractivity contribution in [1.82, 2.24) is 0 Å². The first kappa shape index (κ1) is 6.31. The molecule has 0 amide bonds. The molecule has 0 heterocycles. The second-order valence-electron chi connectivity index (χ2n) is 2.15. The van der Waals surface area contributed by atoms with Gasteiger partial charge in [-0.05, 0) is 0 Å².